The van der Waals surface area contributed by atoms with Crippen LogP contribution in [-0.4, -0.2) is 33.0 Å². The molecule has 1 amide bonds. The molecule has 0 fully saturated rings. The van der Waals surface area contributed by atoms with Crippen LogP contribution in [0.3, 0.4) is 0 Å². The smallest absolute Gasteiger partial charge is 0.354 e. The zero-order chi connectivity index (χ0) is 12.3. The Morgan fingerprint density at radius 2 is 2.29 bits per heavy atom. The number of H-pyrrole nitrogens is 1. The monoisotopic (exact) mass is 235 g/mol. The fourth-order valence-corrected chi connectivity index (χ4v) is 1.81. The quantitative estimate of drug-likeness (QED) is 0.679. The minimum atomic E-state index is -1.18. The highest BCUT2D eigenvalue weighted by Crippen LogP contribution is 2.12. The first-order valence-corrected chi connectivity index (χ1v) is 5.41. The summed E-state index contributed by atoms with van der Waals surface area (Å²) >= 11 is 0. The molecule has 90 valence electrons. The Hall–Kier alpha value is -2.11. The molecule has 1 unspecified atom stereocenters. The van der Waals surface area contributed by atoms with Crippen molar-refractivity contribution in [1.29, 1.82) is 0 Å². The molecule has 1 aliphatic carbocycles. The SMILES string of the molecule is O=C(NC1CC=CCC1)c1nc[nH]c1C(=O)O. The van der Waals surface area contributed by atoms with E-state index in [0.717, 1.165) is 19.3 Å². The predicted octanol–water partition coefficient (Wildman–Crippen LogP) is 0.946. The second-order valence-electron chi connectivity index (χ2n) is 3.89. The number of aromatic amines is 1. The van der Waals surface area contributed by atoms with Gasteiger partial charge in [-0.3, -0.25) is 4.79 Å². The van der Waals surface area contributed by atoms with E-state index in [9.17, 15) is 9.59 Å². The summed E-state index contributed by atoms with van der Waals surface area (Å²) in [6, 6.07) is 0.0610. The standard InChI is InChI=1S/C11H13N3O3/c15-10(14-7-4-2-1-3-5-7)8-9(11(16)17)13-6-12-8/h1-2,6-7H,3-5H2,(H,12,13)(H,14,15)(H,16,17). The molecule has 1 aromatic rings. The first-order valence-electron chi connectivity index (χ1n) is 5.41. The van der Waals surface area contributed by atoms with Crippen molar-refractivity contribution in [3.63, 3.8) is 0 Å². The summed E-state index contributed by atoms with van der Waals surface area (Å²) in [5.41, 5.74) is -0.235. The number of carbonyl (C=O) groups is 2. The van der Waals surface area contributed by atoms with E-state index in [2.05, 4.69) is 21.4 Å². The Balaban J connectivity index is 2.06. The number of hydrogen-bond acceptors (Lipinski definition) is 3. The molecule has 0 saturated heterocycles. The van der Waals surface area contributed by atoms with Gasteiger partial charge in [0.05, 0.1) is 6.33 Å². The van der Waals surface area contributed by atoms with Gasteiger partial charge in [-0.2, -0.15) is 0 Å². The van der Waals surface area contributed by atoms with Crippen molar-refractivity contribution in [2.24, 2.45) is 0 Å². The molecular weight excluding hydrogens is 222 g/mol. The van der Waals surface area contributed by atoms with Gasteiger partial charge in [0.2, 0.25) is 0 Å². The molecule has 0 radical (unpaired) electrons. The molecule has 0 bridgehead atoms. The third-order valence-corrected chi connectivity index (χ3v) is 2.67. The Kier molecular flexibility index (Phi) is 3.22. The van der Waals surface area contributed by atoms with Crippen molar-refractivity contribution in [2.75, 3.05) is 0 Å². The van der Waals surface area contributed by atoms with Crippen molar-refractivity contribution >= 4 is 11.9 Å². The molecule has 1 atom stereocenters. The van der Waals surface area contributed by atoms with Gasteiger partial charge >= 0.3 is 5.97 Å². The summed E-state index contributed by atoms with van der Waals surface area (Å²) in [5.74, 6) is -1.62. The van der Waals surface area contributed by atoms with E-state index in [1.54, 1.807) is 0 Å². The van der Waals surface area contributed by atoms with Gasteiger partial charge in [0.15, 0.2) is 11.4 Å². The van der Waals surface area contributed by atoms with Crippen molar-refractivity contribution in [1.82, 2.24) is 15.3 Å². The number of aromatic nitrogens is 2. The van der Waals surface area contributed by atoms with E-state index in [1.165, 1.54) is 6.33 Å². The van der Waals surface area contributed by atoms with E-state index < -0.39 is 11.9 Å². The Morgan fingerprint density at radius 1 is 1.47 bits per heavy atom. The molecule has 1 aliphatic rings. The van der Waals surface area contributed by atoms with Crippen LogP contribution in [0.4, 0.5) is 0 Å². The van der Waals surface area contributed by atoms with Gasteiger partial charge in [-0.25, -0.2) is 9.78 Å². The van der Waals surface area contributed by atoms with Crippen molar-refractivity contribution in [3.8, 4) is 0 Å². The molecule has 3 N–H and O–H groups in total. The molecule has 17 heavy (non-hydrogen) atoms. The zero-order valence-corrected chi connectivity index (χ0v) is 9.14. The average Bonchev–Trinajstić information content (AvgIpc) is 2.79. The number of nitrogens with one attached hydrogen (secondary N) is 2. The normalized spacial score (nSPS) is 18.9. The Bertz CT molecular complexity index is 464. The topological polar surface area (TPSA) is 95.1 Å². The van der Waals surface area contributed by atoms with Gasteiger partial charge in [-0.1, -0.05) is 12.2 Å². The van der Waals surface area contributed by atoms with Gasteiger partial charge in [0, 0.05) is 6.04 Å². The second kappa shape index (κ2) is 4.82. The number of aromatic carboxylic acids is 1. The lowest BCUT2D eigenvalue weighted by Crippen LogP contribution is -2.36. The van der Waals surface area contributed by atoms with Gasteiger partial charge in [-0.05, 0) is 19.3 Å². The summed E-state index contributed by atoms with van der Waals surface area (Å²) in [7, 11) is 0. The van der Waals surface area contributed by atoms with Crippen LogP contribution < -0.4 is 5.32 Å². The van der Waals surface area contributed by atoms with E-state index in [-0.39, 0.29) is 17.4 Å². The first-order chi connectivity index (χ1) is 8.18. The number of nitrogens with zero attached hydrogens (tertiary/aromatic N) is 1. The van der Waals surface area contributed by atoms with Crippen molar-refractivity contribution in [2.45, 2.75) is 25.3 Å². The Morgan fingerprint density at radius 3 is 2.94 bits per heavy atom. The lowest BCUT2D eigenvalue weighted by atomic mass is 10.0. The van der Waals surface area contributed by atoms with Gasteiger partial charge in [-0.15, -0.1) is 0 Å². The maximum absolute atomic E-state index is 11.8. The number of carboxylic acids is 1. The number of rotatable bonds is 3. The van der Waals surface area contributed by atoms with Crippen LogP contribution in [0.1, 0.15) is 40.2 Å². The number of hydrogen-bond donors (Lipinski definition) is 3. The summed E-state index contributed by atoms with van der Waals surface area (Å²) < 4.78 is 0. The minimum Gasteiger partial charge on any atom is -0.477 e. The molecule has 6 nitrogen and oxygen atoms in total. The van der Waals surface area contributed by atoms with Crippen LogP contribution in [0.15, 0.2) is 18.5 Å². The summed E-state index contributed by atoms with van der Waals surface area (Å²) in [5, 5.41) is 11.6. The van der Waals surface area contributed by atoms with Gasteiger partial charge < -0.3 is 15.4 Å². The lowest BCUT2D eigenvalue weighted by Gasteiger charge is -2.18. The highest BCUT2D eigenvalue weighted by molar-refractivity contribution is 6.02. The molecule has 0 aliphatic heterocycles. The van der Waals surface area contributed by atoms with Crippen LogP contribution in [0, 0.1) is 0 Å². The van der Waals surface area contributed by atoms with Crippen LogP contribution in [0.2, 0.25) is 0 Å². The summed E-state index contributed by atoms with van der Waals surface area (Å²) in [4.78, 5) is 28.8. The van der Waals surface area contributed by atoms with Crippen molar-refractivity contribution in [3.05, 3.63) is 29.9 Å². The van der Waals surface area contributed by atoms with E-state index >= 15 is 0 Å². The molecule has 2 rings (SSSR count). The van der Waals surface area contributed by atoms with Crippen LogP contribution in [0.25, 0.3) is 0 Å². The maximum Gasteiger partial charge on any atom is 0.354 e. The number of amides is 1. The maximum atomic E-state index is 11.8. The minimum absolute atomic E-state index is 0.0610. The number of allylic oxidation sites excluding steroid dienone is 1. The Labute approximate surface area is 97.8 Å². The van der Waals surface area contributed by atoms with Gasteiger partial charge in [0.25, 0.3) is 5.91 Å². The summed E-state index contributed by atoms with van der Waals surface area (Å²) in [6.45, 7) is 0. The fraction of sp³-hybridized carbons (Fsp3) is 0.364. The van der Waals surface area contributed by atoms with Gasteiger partial charge in [0.1, 0.15) is 0 Å². The third kappa shape index (κ3) is 2.52. The predicted molar refractivity (Wildman–Crippen MR) is 59.8 cm³/mol. The molecular formula is C11H13N3O3. The molecule has 1 heterocycles. The first kappa shape index (κ1) is 11.4. The number of carboxylic acid groups (broad SMARTS) is 1. The largest absolute Gasteiger partial charge is 0.477 e. The van der Waals surface area contributed by atoms with E-state index in [1.807, 2.05) is 6.08 Å². The van der Waals surface area contributed by atoms with Crippen molar-refractivity contribution < 1.29 is 14.7 Å². The molecule has 6 heteroatoms. The third-order valence-electron chi connectivity index (χ3n) is 2.67. The number of imidazole rings is 1. The lowest BCUT2D eigenvalue weighted by molar-refractivity contribution is 0.0684. The molecule has 1 aromatic heterocycles. The van der Waals surface area contributed by atoms with E-state index in [0.29, 0.717) is 0 Å². The second-order valence-corrected chi connectivity index (χ2v) is 3.89. The average molecular weight is 235 g/mol. The van der Waals surface area contributed by atoms with Crippen LogP contribution in [-0.2, 0) is 0 Å². The summed E-state index contributed by atoms with van der Waals surface area (Å²) in [6.07, 6.45) is 7.86. The van der Waals surface area contributed by atoms with E-state index in [4.69, 9.17) is 5.11 Å². The highest BCUT2D eigenvalue weighted by Gasteiger charge is 2.22. The van der Waals surface area contributed by atoms with Crippen LogP contribution >= 0.6 is 0 Å². The fourth-order valence-electron chi connectivity index (χ4n) is 1.81. The molecule has 0 aromatic carbocycles. The molecule has 0 saturated carbocycles. The highest BCUT2D eigenvalue weighted by atomic mass is 16.4. The van der Waals surface area contributed by atoms with Crippen LogP contribution in [0.5, 0.6) is 0 Å². The number of carbonyl (C=O) groups excluding carboxylic acids is 1. The zero-order valence-electron chi connectivity index (χ0n) is 9.14. The molecule has 0 spiro atoms.